The molecule has 19 heteroatoms. The van der Waals surface area contributed by atoms with Crippen LogP contribution in [0.25, 0.3) is 0 Å². The standard InChI is InChI=1S/2C42H63N6Si.3ClH.2Ti/c1-26-20-33(43(8)9)23-36(39(26)46(14)15)49(42-31(6)29(4)30(5)32(42)7,37-24-34(44(10)11)21-27(2)40(37)47(16)17)38-25-35(45(12)13)22-28(3)41(38)48(18)19;1-27-26-42(7,32(6)28(27)2)49(36-23-20-33(43(8)9)29(3)39(36)46(14)15,37-24-21-34(44(10)11)30(4)40(37)47(16)17)38-25-22-35(45(12)13)31(5)41(38)48(18)19;;;;;/h2*20-25H,1-19H3;3*1H;;/q;;;;;;+3/p-3. The van der Waals surface area contributed by atoms with Crippen molar-refractivity contribution in [2.75, 3.05) is 228 Å². The molecule has 8 rings (SSSR count). The van der Waals surface area contributed by atoms with E-state index in [0.717, 1.165) is 0 Å². The van der Waals surface area contributed by atoms with Crippen molar-refractivity contribution in [1.82, 2.24) is 0 Å². The molecule has 0 N–H and O–H groups in total. The molecule has 2 aliphatic rings. The van der Waals surface area contributed by atoms with Gasteiger partial charge in [0.25, 0.3) is 0 Å². The molecule has 0 spiro atoms. The van der Waals surface area contributed by atoms with Gasteiger partial charge in [-0.15, -0.1) is 0 Å². The van der Waals surface area contributed by atoms with Crippen LogP contribution in [0.2, 0.25) is 8.38 Å². The van der Waals surface area contributed by atoms with E-state index >= 15 is 0 Å². The Hall–Kier alpha value is -5.39. The molecule has 0 heterocycles. The van der Waals surface area contributed by atoms with E-state index in [2.05, 4.69) is 439 Å². The summed E-state index contributed by atoms with van der Waals surface area (Å²) in [4.78, 5) is 28.0. The van der Waals surface area contributed by atoms with Crippen LogP contribution >= 0.6 is 0 Å². The number of rotatable bonds is 20. The van der Waals surface area contributed by atoms with E-state index in [-0.39, 0.29) is 45.6 Å². The van der Waals surface area contributed by atoms with Gasteiger partial charge in [-0.05, 0) is 0 Å². The number of benzene rings is 6. The third kappa shape index (κ3) is 14.6. The van der Waals surface area contributed by atoms with Crippen LogP contribution in [-0.2, 0) is 40.9 Å². The minimum Gasteiger partial charge on any atom is -1.00 e. The van der Waals surface area contributed by atoms with Crippen molar-refractivity contribution in [2.45, 2.75) is 105 Å². The summed E-state index contributed by atoms with van der Waals surface area (Å²) in [5, 5.41) is 8.43. The molecule has 0 saturated carbocycles. The predicted molar refractivity (Wildman–Crippen MR) is 447 cm³/mol. The maximum Gasteiger partial charge on any atom is -1.00 e. The molecule has 1 atom stereocenters. The normalized spacial score (nSPS) is 14.9. The van der Waals surface area contributed by atoms with Crippen molar-refractivity contribution in [3.8, 4) is 0 Å². The first-order valence-corrected chi connectivity index (χ1v) is 40.9. The Labute approximate surface area is 670 Å². The maximum atomic E-state index is 2.61. The fourth-order valence-corrected chi connectivity index (χ4v) is 36.0. The van der Waals surface area contributed by atoms with Crippen molar-refractivity contribution in [3.05, 3.63) is 149 Å². The van der Waals surface area contributed by atoms with E-state index in [4.69, 9.17) is 0 Å². The van der Waals surface area contributed by atoms with E-state index in [1.165, 1.54) is 176 Å². The Bertz CT molecular complexity index is 3910. The van der Waals surface area contributed by atoms with Gasteiger partial charge >= 0.3 is 639 Å². The molecule has 103 heavy (non-hydrogen) atoms. The van der Waals surface area contributed by atoms with E-state index < -0.39 is 16.1 Å². The Balaban J connectivity index is 0.000000424. The molecular formula is C84H126Cl3N12Si2Ti2. The molecule has 0 aromatic heterocycles. The van der Waals surface area contributed by atoms with Crippen LogP contribution in [-0.4, -0.2) is 185 Å². The predicted octanol–water partition coefficient (Wildman–Crippen LogP) is 3.83. The summed E-state index contributed by atoms with van der Waals surface area (Å²) in [6.07, 6.45) is 0. The van der Waals surface area contributed by atoms with Crippen LogP contribution in [0, 0.1) is 41.5 Å². The van der Waals surface area contributed by atoms with Crippen LogP contribution in [0.4, 0.5) is 68.2 Å². The van der Waals surface area contributed by atoms with E-state index in [1.54, 1.807) is 0 Å². The topological polar surface area (TPSA) is 38.9 Å². The van der Waals surface area contributed by atoms with Gasteiger partial charge in [0.2, 0.25) is 0 Å². The summed E-state index contributed by atoms with van der Waals surface area (Å²) in [5.74, 6) is 0. The van der Waals surface area contributed by atoms with Gasteiger partial charge in [-0.1, -0.05) is 0 Å². The van der Waals surface area contributed by atoms with Gasteiger partial charge in [-0.25, -0.2) is 0 Å². The third-order valence-electron chi connectivity index (χ3n) is 23.0. The number of hydrogen-bond acceptors (Lipinski definition) is 12. The summed E-state index contributed by atoms with van der Waals surface area (Å²) in [6.45, 7) is 33.2. The first-order chi connectivity index (χ1) is 46.2. The van der Waals surface area contributed by atoms with E-state index in [9.17, 15) is 0 Å². The van der Waals surface area contributed by atoms with Gasteiger partial charge in [0.05, 0.1) is 0 Å². The summed E-state index contributed by atoms with van der Waals surface area (Å²) in [6, 6.07) is 29.5. The molecule has 12 nitrogen and oxygen atoms in total. The molecule has 0 fully saturated rings. The minimum atomic E-state index is -3.29. The fraction of sp³-hybridized carbons (Fsp3) is 0.476. The second kappa shape index (κ2) is 33.4. The number of halogens is 3. The largest absolute Gasteiger partial charge is 1.00 e. The second-order valence-corrected chi connectivity index (χ2v) is 42.4. The first kappa shape index (κ1) is 90.0. The van der Waals surface area contributed by atoms with Crippen LogP contribution in [0.1, 0.15) is 88.8 Å². The van der Waals surface area contributed by atoms with Gasteiger partial charge in [0.15, 0.2) is 0 Å². The van der Waals surface area contributed by atoms with Crippen molar-refractivity contribution in [3.63, 3.8) is 0 Å². The molecule has 0 bridgehead atoms. The molecule has 559 valence electrons. The van der Waals surface area contributed by atoms with Crippen LogP contribution < -0.4 is 127 Å². The monoisotopic (exact) mass is 1560 g/mol. The zero-order valence-electron chi connectivity index (χ0n) is 70.4. The Morgan fingerprint density at radius 2 is 0.515 bits per heavy atom. The van der Waals surface area contributed by atoms with Crippen LogP contribution in [0.5, 0.6) is 0 Å². The van der Waals surface area contributed by atoms with Gasteiger partial charge in [0, 0.05) is 0 Å². The van der Waals surface area contributed by atoms with E-state index in [1.807, 2.05) is 0 Å². The maximum absolute atomic E-state index is 3.29. The van der Waals surface area contributed by atoms with Gasteiger partial charge < -0.3 is 37.2 Å². The third-order valence-corrected chi connectivity index (χ3v) is 38.9. The SMILES string of the molecule is CC1=C(C)C(C)([Si](c2ccc(N(C)C)c(C)c2N(C)C)(c2ccc(N(C)C)c(C)c2N(C)C)c2ccc(N(C)C)c(C)c2N(C)C)[C]([Ti+3])=C1C.CC1=C(C)[C]([Ti])([Si](c2cc(N(C)C)cc(C)c2N(C)C)(c2cc(N(C)C)cc(C)c2N(C)C)c2cc(N(C)C)cc(C)c2N(C)C)C(C)=C1C.[Cl-].[Cl-].[Cl-]. The molecule has 0 radical (unpaired) electrons. The number of nitrogens with zero attached hydrogens (tertiary/aromatic N) is 12. The van der Waals surface area contributed by atoms with Crippen molar-refractivity contribution in [2.24, 2.45) is 0 Å². The Morgan fingerprint density at radius 3 is 0.709 bits per heavy atom. The second-order valence-electron chi connectivity index (χ2n) is 31.7. The van der Waals surface area contributed by atoms with Crippen molar-refractivity contribution in [1.29, 1.82) is 0 Å². The van der Waals surface area contributed by atoms with Gasteiger partial charge in [-0.3, -0.25) is 0 Å². The zero-order valence-corrected chi connectivity index (χ0v) is 77.8. The first-order valence-electron chi connectivity index (χ1n) is 35.4. The van der Waals surface area contributed by atoms with Crippen molar-refractivity contribution < 1.29 is 78.1 Å². The molecule has 0 saturated heterocycles. The molecule has 6 aromatic carbocycles. The Morgan fingerprint density at radius 1 is 0.282 bits per heavy atom. The molecule has 2 aliphatic carbocycles. The van der Waals surface area contributed by atoms with Crippen LogP contribution in [0.3, 0.4) is 0 Å². The average molecular weight is 1560 g/mol. The number of allylic oxidation sites excluding steroid dienone is 8. The van der Waals surface area contributed by atoms with Crippen molar-refractivity contribution >= 4 is 116 Å². The molecular weight excluding hydrogens is 1440 g/mol. The zero-order chi connectivity index (χ0) is 75.9. The summed E-state index contributed by atoms with van der Waals surface area (Å²) < 4.78 is 1.17. The number of hydrogen-bond donors (Lipinski definition) is 0. The average Bonchev–Trinajstić information content (AvgIpc) is 1.67. The summed E-state index contributed by atoms with van der Waals surface area (Å²) >= 11 is 5.04. The van der Waals surface area contributed by atoms with Gasteiger partial charge in [-0.2, -0.15) is 0 Å². The summed E-state index contributed by atoms with van der Waals surface area (Å²) in [7, 11) is 46.5. The molecule has 0 amide bonds. The molecule has 6 aromatic rings. The van der Waals surface area contributed by atoms with E-state index in [0.29, 0.717) is 0 Å². The smallest absolute Gasteiger partial charge is 1.00 e. The molecule has 1 unspecified atom stereocenters. The number of anilines is 12. The van der Waals surface area contributed by atoms with Gasteiger partial charge in [0.1, 0.15) is 0 Å². The minimum absolute atomic E-state index is 0. The van der Waals surface area contributed by atoms with Crippen LogP contribution in [0.15, 0.2) is 116 Å². The summed E-state index contributed by atoms with van der Waals surface area (Å²) in [5.41, 5.74) is 33.4. The number of aryl methyl sites for hydroxylation is 3. The Kier molecular flexibility index (Phi) is 29.2. The fourth-order valence-electron chi connectivity index (χ4n) is 18.0. The quantitative estimate of drug-likeness (QED) is 0.0826. The molecule has 0 aliphatic heterocycles.